The standard InChI is InChI=1S/C18H27BO5/c1-7-22-16(20)12-15(13-9-8-10-14(11-13)21-6)19-23-17(2,3)18(4,5)24-19/h8-11,15H,7,12H2,1-6H3. The summed E-state index contributed by atoms with van der Waals surface area (Å²) in [5.74, 6) is 0.207. The molecule has 24 heavy (non-hydrogen) atoms. The molecule has 1 heterocycles. The second kappa shape index (κ2) is 7.15. The molecule has 0 bridgehead atoms. The SMILES string of the molecule is CCOC(=O)CC(B1OC(C)(C)C(C)(C)O1)c1cccc(OC)c1. The zero-order chi connectivity index (χ0) is 18.0. The smallest absolute Gasteiger partial charge is 0.466 e. The van der Waals surface area contributed by atoms with Crippen molar-refractivity contribution in [2.45, 2.75) is 58.1 Å². The van der Waals surface area contributed by atoms with E-state index in [1.54, 1.807) is 14.0 Å². The fourth-order valence-corrected chi connectivity index (χ4v) is 2.70. The molecule has 0 N–H and O–H groups in total. The van der Waals surface area contributed by atoms with Gasteiger partial charge in [-0.1, -0.05) is 12.1 Å². The van der Waals surface area contributed by atoms with Crippen LogP contribution in [0.1, 0.15) is 52.4 Å². The molecule has 0 aliphatic carbocycles. The highest BCUT2D eigenvalue weighted by Gasteiger charge is 2.54. The van der Waals surface area contributed by atoms with Crippen LogP contribution >= 0.6 is 0 Å². The fraction of sp³-hybridized carbons (Fsp3) is 0.611. The number of rotatable bonds is 6. The molecule has 1 aromatic rings. The Hall–Kier alpha value is -1.53. The van der Waals surface area contributed by atoms with Crippen molar-refractivity contribution in [3.8, 4) is 5.75 Å². The Kier molecular flexibility index (Phi) is 5.61. The lowest BCUT2D eigenvalue weighted by Crippen LogP contribution is -2.41. The van der Waals surface area contributed by atoms with Gasteiger partial charge < -0.3 is 18.8 Å². The molecular formula is C18H27BO5. The summed E-state index contributed by atoms with van der Waals surface area (Å²) in [6.45, 7) is 10.2. The maximum atomic E-state index is 12.1. The van der Waals surface area contributed by atoms with E-state index in [9.17, 15) is 4.79 Å². The van der Waals surface area contributed by atoms with Gasteiger partial charge >= 0.3 is 13.1 Å². The molecule has 6 heteroatoms. The predicted molar refractivity (Wildman–Crippen MR) is 93.1 cm³/mol. The van der Waals surface area contributed by atoms with E-state index >= 15 is 0 Å². The minimum absolute atomic E-state index is 0.192. The van der Waals surface area contributed by atoms with Crippen LogP contribution in [0.15, 0.2) is 24.3 Å². The second-order valence-electron chi connectivity index (χ2n) is 7.02. The second-order valence-corrected chi connectivity index (χ2v) is 7.02. The molecule has 1 fully saturated rings. The zero-order valence-electron chi connectivity index (χ0n) is 15.4. The first-order chi connectivity index (χ1) is 11.2. The first kappa shape index (κ1) is 18.8. The van der Waals surface area contributed by atoms with Gasteiger partial charge in [-0.15, -0.1) is 0 Å². The first-order valence-electron chi connectivity index (χ1n) is 8.35. The van der Waals surface area contributed by atoms with Gasteiger partial charge in [0.1, 0.15) is 5.75 Å². The summed E-state index contributed by atoms with van der Waals surface area (Å²) in [6.07, 6.45) is 0.192. The van der Waals surface area contributed by atoms with E-state index in [1.807, 2.05) is 52.0 Å². The molecule has 1 atom stereocenters. The Morgan fingerprint density at radius 3 is 2.38 bits per heavy atom. The lowest BCUT2D eigenvalue weighted by molar-refractivity contribution is -0.143. The number of benzene rings is 1. The minimum Gasteiger partial charge on any atom is -0.497 e. The van der Waals surface area contributed by atoms with Gasteiger partial charge in [0.25, 0.3) is 0 Å². The lowest BCUT2D eigenvalue weighted by Gasteiger charge is -2.32. The predicted octanol–water partition coefficient (Wildman–Crippen LogP) is 3.36. The number of ether oxygens (including phenoxy) is 2. The fourth-order valence-electron chi connectivity index (χ4n) is 2.70. The maximum absolute atomic E-state index is 12.1. The van der Waals surface area contributed by atoms with Crippen molar-refractivity contribution in [2.75, 3.05) is 13.7 Å². The molecule has 1 saturated heterocycles. The summed E-state index contributed by atoms with van der Waals surface area (Å²) in [4.78, 5) is 12.1. The van der Waals surface area contributed by atoms with E-state index in [4.69, 9.17) is 18.8 Å². The van der Waals surface area contributed by atoms with Gasteiger partial charge in [-0.25, -0.2) is 0 Å². The van der Waals surface area contributed by atoms with E-state index in [0.717, 1.165) is 11.3 Å². The monoisotopic (exact) mass is 334 g/mol. The van der Waals surface area contributed by atoms with Gasteiger partial charge in [0.15, 0.2) is 0 Å². The summed E-state index contributed by atoms with van der Waals surface area (Å²) >= 11 is 0. The highest BCUT2D eigenvalue weighted by Crippen LogP contribution is 2.42. The van der Waals surface area contributed by atoms with Crippen molar-refractivity contribution in [1.29, 1.82) is 0 Å². The number of esters is 1. The van der Waals surface area contributed by atoms with Crippen LogP contribution in [-0.2, 0) is 18.8 Å². The van der Waals surface area contributed by atoms with E-state index in [0.29, 0.717) is 6.61 Å². The highest BCUT2D eigenvalue weighted by molar-refractivity contribution is 6.48. The van der Waals surface area contributed by atoms with Crippen LogP contribution in [-0.4, -0.2) is 38.0 Å². The third kappa shape index (κ3) is 3.93. The number of carbonyl (C=O) groups excluding carboxylic acids is 1. The number of methoxy groups -OCH3 is 1. The Morgan fingerprint density at radius 2 is 1.83 bits per heavy atom. The van der Waals surface area contributed by atoms with Gasteiger partial charge in [-0.3, -0.25) is 4.79 Å². The van der Waals surface area contributed by atoms with Crippen molar-refractivity contribution < 1.29 is 23.6 Å². The molecule has 1 aliphatic heterocycles. The van der Waals surface area contributed by atoms with Gasteiger partial charge in [-0.2, -0.15) is 0 Å². The molecule has 1 aromatic carbocycles. The Balaban J connectivity index is 2.31. The van der Waals surface area contributed by atoms with Gasteiger partial charge in [0.05, 0.1) is 31.3 Å². The molecule has 0 aromatic heterocycles. The number of hydrogen-bond acceptors (Lipinski definition) is 5. The molecule has 0 amide bonds. The number of carbonyl (C=O) groups is 1. The van der Waals surface area contributed by atoms with Crippen molar-refractivity contribution >= 4 is 13.1 Å². The third-order valence-corrected chi connectivity index (χ3v) is 4.81. The molecule has 0 radical (unpaired) electrons. The van der Waals surface area contributed by atoms with E-state index in [1.165, 1.54) is 0 Å². The number of hydrogen-bond donors (Lipinski definition) is 0. The maximum Gasteiger partial charge on any atom is 0.466 e. The molecule has 5 nitrogen and oxygen atoms in total. The molecule has 1 unspecified atom stereocenters. The summed E-state index contributed by atoms with van der Waals surface area (Å²) < 4.78 is 22.8. The van der Waals surface area contributed by atoms with Crippen LogP contribution in [0.5, 0.6) is 5.75 Å². The molecule has 0 spiro atoms. The first-order valence-corrected chi connectivity index (χ1v) is 8.35. The molecule has 132 valence electrons. The summed E-state index contributed by atoms with van der Waals surface area (Å²) in [6, 6.07) is 7.64. The topological polar surface area (TPSA) is 54.0 Å². The zero-order valence-corrected chi connectivity index (χ0v) is 15.4. The van der Waals surface area contributed by atoms with Crippen molar-refractivity contribution in [3.05, 3.63) is 29.8 Å². The van der Waals surface area contributed by atoms with Crippen molar-refractivity contribution in [2.24, 2.45) is 0 Å². The van der Waals surface area contributed by atoms with E-state index < -0.39 is 18.3 Å². The summed E-state index contributed by atoms with van der Waals surface area (Å²) in [5, 5.41) is 0. The Labute approximate surface area is 144 Å². The Bertz CT molecular complexity index is 569. The van der Waals surface area contributed by atoms with Crippen molar-refractivity contribution in [3.63, 3.8) is 0 Å². The normalized spacial score (nSPS) is 19.8. The average molecular weight is 334 g/mol. The van der Waals surface area contributed by atoms with Crippen molar-refractivity contribution in [1.82, 2.24) is 0 Å². The largest absolute Gasteiger partial charge is 0.497 e. The van der Waals surface area contributed by atoms with Crippen LogP contribution in [0, 0.1) is 0 Å². The molecule has 0 saturated carbocycles. The van der Waals surface area contributed by atoms with Gasteiger partial charge in [0.2, 0.25) is 0 Å². The van der Waals surface area contributed by atoms with Gasteiger partial charge in [-0.05, 0) is 52.3 Å². The molecular weight excluding hydrogens is 307 g/mol. The van der Waals surface area contributed by atoms with Crippen LogP contribution in [0.2, 0.25) is 0 Å². The Morgan fingerprint density at radius 1 is 1.21 bits per heavy atom. The van der Waals surface area contributed by atoms with Crippen LogP contribution in [0.4, 0.5) is 0 Å². The summed E-state index contributed by atoms with van der Waals surface area (Å²) in [5.41, 5.74) is 0.0216. The van der Waals surface area contributed by atoms with Crippen LogP contribution in [0.3, 0.4) is 0 Å². The van der Waals surface area contributed by atoms with E-state index in [2.05, 4.69) is 0 Å². The van der Waals surface area contributed by atoms with Crippen LogP contribution < -0.4 is 4.74 Å². The van der Waals surface area contributed by atoms with Crippen LogP contribution in [0.25, 0.3) is 0 Å². The third-order valence-electron chi connectivity index (χ3n) is 4.81. The average Bonchev–Trinajstić information content (AvgIpc) is 2.73. The summed E-state index contributed by atoms with van der Waals surface area (Å²) in [7, 11) is 1.10. The molecule has 2 rings (SSSR count). The highest BCUT2D eigenvalue weighted by atomic mass is 16.7. The quantitative estimate of drug-likeness (QED) is 0.590. The molecule has 1 aliphatic rings. The van der Waals surface area contributed by atoms with Gasteiger partial charge in [0, 0.05) is 5.82 Å². The minimum atomic E-state index is -0.522. The lowest BCUT2D eigenvalue weighted by atomic mass is 9.66. The van der Waals surface area contributed by atoms with E-state index in [-0.39, 0.29) is 18.2 Å².